The lowest BCUT2D eigenvalue weighted by Gasteiger charge is -2.16. The monoisotopic (exact) mass is 392 g/mol. The molecule has 0 spiro atoms. The van der Waals surface area contributed by atoms with Crippen LogP contribution in [-0.4, -0.2) is 42.5 Å². The third kappa shape index (κ3) is 3.57. The van der Waals surface area contributed by atoms with Crippen molar-refractivity contribution in [2.24, 2.45) is 5.92 Å². The molecular formula is C15H15F3N2O3S2. The second-order valence-corrected chi connectivity index (χ2v) is 8.52. The van der Waals surface area contributed by atoms with Crippen LogP contribution in [0.2, 0.25) is 0 Å². The highest BCUT2D eigenvalue weighted by molar-refractivity contribution is 7.89. The van der Waals surface area contributed by atoms with E-state index in [1.165, 1.54) is 15.6 Å². The minimum Gasteiger partial charge on any atom is -0.396 e. The van der Waals surface area contributed by atoms with Gasteiger partial charge < -0.3 is 5.11 Å². The quantitative estimate of drug-likeness (QED) is 0.868. The van der Waals surface area contributed by atoms with Gasteiger partial charge in [0, 0.05) is 37.7 Å². The number of nitrogens with zero attached hydrogens (tertiary/aromatic N) is 2. The molecule has 0 aliphatic carbocycles. The predicted molar refractivity (Wildman–Crippen MR) is 85.6 cm³/mol. The van der Waals surface area contributed by atoms with Crippen LogP contribution in [0.4, 0.5) is 13.2 Å². The minimum atomic E-state index is -4.62. The minimum absolute atomic E-state index is 0.111. The smallest absolute Gasteiger partial charge is 0.396 e. The first-order valence-electron chi connectivity index (χ1n) is 7.40. The summed E-state index contributed by atoms with van der Waals surface area (Å²) in [5.74, 6) is -0.403. The lowest BCUT2D eigenvalue weighted by molar-refractivity contribution is -0.141. The van der Waals surface area contributed by atoms with E-state index >= 15 is 0 Å². The van der Waals surface area contributed by atoms with Gasteiger partial charge in [-0.05, 0) is 34.5 Å². The Morgan fingerprint density at radius 1 is 1.28 bits per heavy atom. The van der Waals surface area contributed by atoms with Crippen molar-refractivity contribution in [1.82, 2.24) is 9.29 Å². The molecule has 3 rings (SSSR count). The standard InChI is InChI=1S/C15H15F3N2O3S2/c16-15(17,18)14-2-1-12(5-19-14)25(22,23)20-6-11(8-21)13(7-20)10-3-4-24-9-10/h1-5,9,11,13,21H,6-8H2/t11-,13+/m1/s1. The van der Waals surface area contributed by atoms with Crippen LogP contribution < -0.4 is 0 Å². The van der Waals surface area contributed by atoms with Crippen molar-refractivity contribution in [3.05, 3.63) is 46.4 Å². The number of sulfonamides is 1. The van der Waals surface area contributed by atoms with E-state index in [0.717, 1.165) is 17.8 Å². The molecule has 0 bridgehead atoms. The first-order valence-corrected chi connectivity index (χ1v) is 9.78. The molecule has 0 saturated carbocycles. The summed E-state index contributed by atoms with van der Waals surface area (Å²) in [5.41, 5.74) is -0.190. The van der Waals surface area contributed by atoms with Crippen molar-refractivity contribution in [3.8, 4) is 0 Å². The van der Waals surface area contributed by atoms with Crippen molar-refractivity contribution < 1.29 is 26.7 Å². The second kappa shape index (κ2) is 6.67. The van der Waals surface area contributed by atoms with Crippen LogP contribution in [0.3, 0.4) is 0 Å². The highest BCUT2D eigenvalue weighted by Gasteiger charge is 2.40. The van der Waals surface area contributed by atoms with Crippen molar-refractivity contribution in [1.29, 1.82) is 0 Å². The van der Waals surface area contributed by atoms with Gasteiger partial charge in [-0.1, -0.05) is 0 Å². The maximum absolute atomic E-state index is 12.7. The zero-order valence-corrected chi connectivity index (χ0v) is 14.5. The number of rotatable bonds is 4. The number of halogens is 3. The number of aliphatic hydroxyl groups excluding tert-OH is 1. The summed E-state index contributed by atoms with van der Waals surface area (Å²) in [5, 5.41) is 13.3. The van der Waals surface area contributed by atoms with E-state index in [4.69, 9.17) is 0 Å². The molecule has 0 unspecified atom stereocenters. The van der Waals surface area contributed by atoms with Gasteiger partial charge in [-0.25, -0.2) is 8.42 Å². The Morgan fingerprint density at radius 3 is 2.56 bits per heavy atom. The molecule has 5 nitrogen and oxygen atoms in total. The van der Waals surface area contributed by atoms with Crippen molar-refractivity contribution in [2.75, 3.05) is 19.7 Å². The highest BCUT2D eigenvalue weighted by Crippen LogP contribution is 2.36. The Hall–Kier alpha value is -1.49. The molecule has 2 aromatic rings. The van der Waals surface area contributed by atoms with Gasteiger partial charge in [0.05, 0.1) is 0 Å². The molecule has 1 saturated heterocycles. The topological polar surface area (TPSA) is 70.5 Å². The fourth-order valence-electron chi connectivity index (χ4n) is 2.93. The summed E-state index contributed by atoms with van der Waals surface area (Å²) >= 11 is 1.48. The Bertz CT molecular complexity index is 821. The molecule has 2 atom stereocenters. The zero-order chi connectivity index (χ0) is 18.2. The fourth-order valence-corrected chi connectivity index (χ4v) is 5.12. The van der Waals surface area contributed by atoms with Crippen LogP contribution in [0.25, 0.3) is 0 Å². The fraction of sp³-hybridized carbons (Fsp3) is 0.400. The number of hydrogen-bond donors (Lipinski definition) is 1. The van der Waals surface area contributed by atoms with Gasteiger partial charge in [0.25, 0.3) is 0 Å². The average Bonchev–Trinajstić information content (AvgIpc) is 3.23. The van der Waals surface area contributed by atoms with Crippen LogP contribution in [0, 0.1) is 5.92 Å². The van der Waals surface area contributed by atoms with E-state index in [-0.39, 0.29) is 36.4 Å². The van der Waals surface area contributed by atoms with Crippen molar-refractivity contribution >= 4 is 21.4 Å². The van der Waals surface area contributed by atoms with Gasteiger partial charge in [-0.3, -0.25) is 4.98 Å². The van der Waals surface area contributed by atoms with E-state index in [1.807, 2.05) is 16.8 Å². The van der Waals surface area contributed by atoms with E-state index in [0.29, 0.717) is 6.07 Å². The summed E-state index contributed by atoms with van der Waals surface area (Å²) in [6.07, 6.45) is -3.90. The Balaban J connectivity index is 1.85. The molecule has 10 heteroatoms. The molecule has 136 valence electrons. The second-order valence-electron chi connectivity index (χ2n) is 5.80. The van der Waals surface area contributed by atoms with Gasteiger partial charge in [-0.15, -0.1) is 0 Å². The molecule has 3 heterocycles. The maximum atomic E-state index is 12.7. The van der Waals surface area contributed by atoms with E-state index < -0.39 is 21.9 Å². The number of aliphatic hydroxyl groups is 1. The molecule has 1 fully saturated rings. The number of alkyl halides is 3. The van der Waals surface area contributed by atoms with E-state index in [1.54, 1.807) is 0 Å². The van der Waals surface area contributed by atoms with E-state index in [9.17, 15) is 26.7 Å². The molecule has 25 heavy (non-hydrogen) atoms. The Labute approximate surface area is 146 Å². The Morgan fingerprint density at radius 2 is 2.04 bits per heavy atom. The zero-order valence-electron chi connectivity index (χ0n) is 12.8. The van der Waals surface area contributed by atoms with Crippen molar-refractivity contribution in [3.63, 3.8) is 0 Å². The van der Waals surface area contributed by atoms with Gasteiger partial charge in [0.2, 0.25) is 10.0 Å². The largest absolute Gasteiger partial charge is 0.433 e. The molecule has 1 N–H and O–H groups in total. The molecule has 2 aromatic heterocycles. The number of pyridine rings is 1. The SMILES string of the molecule is O=S(=O)(c1ccc(C(F)(F)F)nc1)N1C[C@H](CO)[C@H](c2ccsc2)C1. The highest BCUT2D eigenvalue weighted by atomic mass is 32.2. The molecule has 1 aliphatic heterocycles. The predicted octanol–water partition coefficient (Wildman–Crippen LogP) is 2.56. The third-order valence-corrected chi connectivity index (χ3v) is 6.79. The van der Waals surface area contributed by atoms with Gasteiger partial charge in [0.15, 0.2) is 0 Å². The normalized spacial score (nSPS) is 22.4. The molecular weight excluding hydrogens is 377 g/mol. The summed E-state index contributed by atoms with van der Waals surface area (Å²) in [7, 11) is -3.97. The number of hydrogen-bond acceptors (Lipinski definition) is 5. The van der Waals surface area contributed by atoms with Crippen LogP contribution in [0.1, 0.15) is 17.2 Å². The van der Waals surface area contributed by atoms with Crippen LogP contribution in [-0.2, 0) is 16.2 Å². The summed E-state index contributed by atoms with van der Waals surface area (Å²) in [6.45, 7) is 0.115. The van der Waals surface area contributed by atoms with Gasteiger partial charge in [-0.2, -0.15) is 28.8 Å². The summed E-state index contributed by atoms with van der Waals surface area (Å²) < 4.78 is 64.3. The lowest BCUT2D eigenvalue weighted by atomic mass is 9.92. The van der Waals surface area contributed by atoms with Crippen LogP contribution in [0.5, 0.6) is 0 Å². The molecule has 0 aromatic carbocycles. The summed E-state index contributed by atoms with van der Waals surface area (Å²) in [6, 6.07) is 3.45. The first kappa shape index (κ1) is 18.3. The molecule has 0 amide bonds. The lowest BCUT2D eigenvalue weighted by Crippen LogP contribution is -2.29. The number of aromatic nitrogens is 1. The van der Waals surface area contributed by atoms with E-state index in [2.05, 4.69) is 4.98 Å². The summed E-state index contributed by atoms with van der Waals surface area (Å²) in [4.78, 5) is 2.93. The maximum Gasteiger partial charge on any atom is 0.433 e. The third-order valence-electron chi connectivity index (χ3n) is 4.28. The molecule has 0 radical (unpaired) electrons. The van der Waals surface area contributed by atoms with Crippen LogP contribution >= 0.6 is 11.3 Å². The van der Waals surface area contributed by atoms with Gasteiger partial charge in [0.1, 0.15) is 10.6 Å². The Kier molecular flexibility index (Phi) is 4.89. The molecule has 1 aliphatic rings. The average molecular weight is 392 g/mol. The van der Waals surface area contributed by atoms with Crippen molar-refractivity contribution in [2.45, 2.75) is 17.0 Å². The van der Waals surface area contributed by atoms with Gasteiger partial charge >= 0.3 is 6.18 Å². The first-order chi connectivity index (χ1) is 11.7. The number of thiophene rings is 1. The van der Waals surface area contributed by atoms with Crippen LogP contribution in [0.15, 0.2) is 40.1 Å².